The van der Waals surface area contributed by atoms with Gasteiger partial charge in [0.05, 0.1) is 18.1 Å². The number of rotatable bonds is 4. The maximum Gasteiger partial charge on any atom is 0.339 e. The molecule has 0 radical (unpaired) electrons. The fourth-order valence-corrected chi connectivity index (χ4v) is 4.43. The quantitative estimate of drug-likeness (QED) is 0.559. The Kier molecular flexibility index (Phi) is 4.81. The molecule has 1 aliphatic heterocycles. The normalized spacial score (nSPS) is 23.6. The van der Waals surface area contributed by atoms with E-state index >= 15 is 0 Å². The van der Waals surface area contributed by atoms with E-state index in [4.69, 9.17) is 25.5 Å². The topological polar surface area (TPSA) is 86.1 Å². The van der Waals surface area contributed by atoms with Crippen LogP contribution in [0.25, 0.3) is 11.0 Å². The second-order valence-corrected chi connectivity index (χ2v) is 8.21. The molecule has 1 amide bonds. The molecule has 8 heteroatoms. The van der Waals surface area contributed by atoms with E-state index in [9.17, 15) is 14.4 Å². The number of ether oxygens (including phenoxy) is 2. The number of carbonyl (C=O) groups excluding carboxylic acids is 2. The predicted molar refractivity (Wildman–Crippen MR) is 106 cm³/mol. The summed E-state index contributed by atoms with van der Waals surface area (Å²) in [5.41, 5.74) is 1.28. The van der Waals surface area contributed by atoms with Crippen molar-refractivity contribution in [3.05, 3.63) is 38.7 Å². The number of likely N-dealkylation sites (tertiary alicyclic amines) is 1. The minimum absolute atomic E-state index is 0.0928. The Morgan fingerprint density at radius 3 is 2.48 bits per heavy atom. The first kappa shape index (κ1) is 19.8. The van der Waals surface area contributed by atoms with Gasteiger partial charge >= 0.3 is 11.6 Å². The maximum atomic E-state index is 12.8. The molecule has 4 rings (SSSR count). The van der Waals surface area contributed by atoms with Crippen LogP contribution in [0.3, 0.4) is 0 Å². The third kappa shape index (κ3) is 3.27. The van der Waals surface area contributed by atoms with Gasteiger partial charge in [-0.15, -0.1) is 0 Å². The summed E-state index contributed by atoms with van der Waals surface area (Å²) < 4.78 is 15.9. The molecule has 1 aromatic carbocycles. The van der Waals surface area contributed by atoms with Crippen molar-refractivity contribution in [2.24, 2.45) is 17.8 Å². The monoisotopic (exact) mass is 419 g/mol. The molecule has 2 unspecified atom stereocenters. The second-order valence-electron chi connectivity index (χ2n) is 7.80. The van der Waals surface area contributed by atoms with Crippen LogP contribution in [0.1, 0.15) is 18.1 Å². The summed E-state index contributed by atoms with van der Waals surface area (Å²) in [4.78, 5) is 38.1. The Morgan fingerprint density at radius 1 is 1.21 bits per heavy atom. The molecule has 7 nitrogen and oxygen atoms in total. The number of fused-ring (bicyclic) bond motifs is 2. The van der Waals surface area contributed by atoms with Gasteiger partial charge in [-0.1, -0.05) is 11.6 Å². The lowest BCUT2D eigenvalue weighted by Crippen LogP contribution is -2.41. The van der Waals surface area contributed by atoms with Crippen molar-refractivity contribution in [1.29, 1.82) is 0 Å². The lowest BCUT2D eigenvalue weighted by Gasteiger charge is -2.24. The van der Waals surface area contributed by atoms with Crippen LogP contribution in [0, 0.1) is 31.6 Å². The third-order valence-corrected chi connectivity index (χ3v) is 6.44. The van der Waals surface area contributed by atoms with E-state index < -0.39 is 11.7 Å². The summed E-state index contributed by atoms with van der Waals surface area (Å²) >= 11 is 6.35. The standard InChI is InChI=1S/C21H22ClNO6/c1-9-10(2)20(25)29-16-6-17(15(22)5-12(9)16)28-11(3)19(24)23-7-13-14(8-23)18(13)21(26)27-4/h5-6,11,13-14,18H,7-8H2,1-4H3/t11?,13-,14+,18?. The number of piperidine rings is 1. The zero-order valence-corrected chi connectivity index (χ0v) is 17.4. The number of amides is 1. The highest BCUT2D eigenvalue weighted by molar-refractivity contribution is 6.32. The molecule has 2 fully saturated rings. The van der Waals surface area contributed by atoms with E-state index in [1.54, 1.807) is 30.9 Å². The first-order valence-electron chi connectivity index (χ1n) is 9.49. The van der Waals surface area contributed by atoms with E-state index in [1.165, 1.54) is 7.11 Å². The van der Waals surface area contributed by atoms with E-state index in [0.717, 1.165) is 10.9 Å². The molecule has 1 aromatic heterocycles. The van der Waals surface area contributed by atoms with Gasteiger partial charge in [0.25, 0.3) is 5.91 Å². The Balaban J connectivity index is 1.48. The minimum Gasteiger partial charge on any atom is -0.479 e. The van der Waals surface area contributed by atoms with Crippen molar-refractivity contribution < 1.29 is 23.5 Å². The van der Waals surface area contributed by atoms with E-state index in [-0.39, 0.29) is 35.4 Å². The Hall–Kier alpha value is -2.54. The molecule has 154 valence electrons. The van der Waals surface area contributed by atoms with Gasteiger partial charge in [0, 0.05) is 30.1 Å². The van der Waals surface area contributed by atoms with Gasteiger partial charge in [-0.05, 0) is 44.2 Å². The Morgan fingerprint density at radius 2 is 1.86 bits per heavy atom. The molecule has 4 atom stereocenters. The summed E-state index contributed by atoms with van der Waals surface area (Å²) in [6.07, 6.45) is -0.766. The number of esters is 1. The van der Waals surface area contributed by atoms with E-state index in [0.29, 0.717) is 29.3 Å². The summed E-state index contributed by atoms with van der Waals surface area (Å²) in [6, 6.07) is 3.23. The van der Waals surface area contributed by atoms with Gasteiger partial charge < -0.3 is 18.8 Å². The summed E-state index contributed by atoms with van der Waals surface area (Å²) in [5.74, 6) is 0.157. The smallest absolute Gasteiger partial charge is 0.339 e. The van der Waals surface area contributed by atoms with Crippen molar-refractivity contribution >= 4 is 34.4 Å². The van der Waals surface area contributed by atoms with Gasteiger partial charge in [0.2, 0.25) is 0 Å². The number of halogens is 1. The first-order valence-corrected chi connectivity index (χ1v) is 9.87. The van der Waals surface area contributed by atoms with Crippen molar-refractivity contribution in [3.63, 3.8) is 0 Å². The Labute approximate surface area is 172 Å². The number of aryl methyl sites for hydroxylation is 1. The zero-order valence-electron chi connectivity index (χ0n) is 16.7. The lowest BCUT2D eigenvalue weighted by molar-refractivity contribution is -0.145. The molecular formula is C21H22ClNO6. The number of hydrogen-bond donors (Lipinski definition) is 0. The van der Waals surface area contributed by atoms with Crippen LogP contribution < -0.4 is 10.4 Å². The van der Waals surface area contributed by atoms with E-state index in [2.05, 4.69) is 0 Å². The average molecular weight is 420 g/mol. The zero-order chi connectivity index (χ0) is 21.0. The van der Waals surface area contributed by atoms with Gasteiger partial charge in [0.1, 0.15) is 11.3 Å². The fraction of sp³-hybridized carbons (Fsp3) is 0.476. The van der Waals surface area contributed by atoms with Crippen LogP contribution in [-0.4, -0.2) is 43.1 Å². The summed E-state index contributed by atoms with van der Waals surface area (Å²) in [6.45, 7) is 6.23. The molecule has 29 heavy (non-hydrogen) atoms. The number of methoxy groups -OCH3 is 1. The highest BCUT2D eigenvalue weighted by Gasteiger charge is 2.61. The van der Waals surface area contributed by atoms with Gasteiger partial charge in [0.15, 0.2) is 6.10 Å². The number of hydrogen-bond acceptors (Lipinski definition) is 6. The van der Waals surface area contributed by atoms with Crippen LogP contribution in [0.2, 0.25) is 5.02 Å². The molecule has 1 saturated carbocycles. The number of carbonyl (C=O) groups is 2. The maximum absolute atomic E-state index is 12.8. The van der Waals surface area contributed by atoms with Crippen LogP contribution in [0.5, 0.6) is 5.75 Å². The molecule has 2 aromatic rings. The largest absolute Gasteiger partial charge is 0.479 e. The summed E-state index contributed by atoms with van der Waals surface area (Å²) in [5, 5.41) is 1.07. The molecule has 0 spiro atoms. The third-order valence-electron chi connectivity index (χ3n) is 6.14. The molecule has 1 aliphatic carbocycles. The molecule has 2 aliphatic rings. The molecule has 1 saturated heterocycles. The van der Waals surface area contributed by atoms with Crippen molar-refractivity contribution in [1.82, 2.24) is 4.90 Å². The average Bonchev–Trinajstić information content (AvgIpc) is 3.19. The van der Waals surface area contributed by atoms with Crippen molar-refractivity contribution in [2.45, 2.75) is 26.9 Å². The van der Waals surface area contributed by atoms with Crippen molar-refractivity contribution in [3.8, 4) is 5.75 Å². The predicted octanol–water partition coefficient (Wildman–Crippen LogP) is 2.71. The summed E-state index contributed by atoms with van der Waals surface area (Å²) in [7, 11) is 1.38. The SMILES string of the molecule is COC(=O)C1[C@H]2CN(C(=O)C(C)Oc3cc4oc(=O)c(C)c(C)c4cc3Cl)C[C@@H]12. The lowest BCUT2D eigenvalue weighted by atomic mass is 10.1. The van der Waals surface area contributed by atoms with Crippen molar-refractivity contribution in [2.75, 3.05) is 20.2 Å². The number of nitrogens with zero attached hydrogens (tertiary/aromatic N) is 1. The molecule has 0 N–H and O–H groups in total. The first-order chi connectivity index (χ1) is 13.7. The highest BCUT2D eigenvalue weighted by Crippen LogP contribution is 2.52. The van der Waals surface area contributed by atoms with Gasteiger partial charge in [-0.25, -0.2) is 4.79 Å². The minimum atomic E-state index is -0.766. The Bertz CT molecular complexity index is 1070. The van der Waals surface area contributed by atoms with Gasteiger partial charge in [-0.2, -0.15) is 0 Å². The van der Waals surface area contributed by atoms with Crippen LogP contribution in [0.15, 0.2) is 21.3 Å². The fourth-order valence-electron chi connectivity index (χ4n) is 4.22. The number of benzene rings is 1. The molecule has 2 heterocycles. The van der Waals surface area contributed by atoms with Crippen LogP contribution in [-0.2, 0) is 14.3 Å². The second kappa shape index (κ2) is 7.06. The van der Waals surface area contributed by atoms with Crippen LogP contribution >= 0.6 is 11.6 Å². The highest BCUT2D eigenvalue weighted by atomic mass is 35.5. The molecular weight excluding hydrogens is 398 g/mol. The van der Waals surface area contributed by atoms with Crippen LogP contribution in [0.4, 0.5) is 0 Å². The van der Waals surface area contributed by atoms with Gasteiger partial charge in [-0.3, -0.25) is 9.59 Å². The molecule has 0 bridgehead atoms. The van der Waals surface area contributed by atoms with E-state index in [1.807, 2.05) is 6.92 Å².